The third kappa shape index (κ3) is 6.46. The Morgan fingerprint density at radius 2 is 1.62 bits per heavy atom. The number of rotatable bonds is 9. The topological polar surface area (TPSA) is 146 Å². The largest absolute Gasteiger partial charge is 0.392 e. The highest BCUT2D eigenvalue weighted by Gasteiger charge is 2.24. The number of amides is 1. The monoisotopic (exact) mass is 498 g/mol. The Kier molecular flexibility index (Phi) is 7.76. The average Bonchev–Trinajstić information content (AvgIpc) is 2.88. The predicted molar refractivity (Wildman–Crippen MR) is 143 cm³/mol. The number of aromatic nitrogens is 3. The maximum Gasteiger partial charge on any atom is 0.251 e. The molecule has 0 bridgehead atoms. The fourth-order valence-corrected chi connectivity index (χ4v) is 4.08. The number of hydrogen-bond acceptors (Lipinski definition) is 8. The Hall–Kier alpha value is -4.34. The third-order valence-electron chi connectivity index (χ3n) is 5.84. The van der Waals surface area contributed by atoms with Crippen molar-refractivity contribution in [2.45, 2.75) is 39.0 Å². The number of carbonyl (C=O) groups excluding carboxylic acids is 1. The Morgan fingerprint density at radius 3 is 2.30 bits per heavy atom. The van der Waals surface area contributed by atoms with Gasteiger partial charge in [-0.25, -0.2) is 0 Å². The molecule has 6 N–H and O–H groups in total. The second-order valence-electron chi connectivity index (χ2n) is 9.30. The van der Waals surface area contributed by atoms with Gasteiger partial charge >= 0.3 is 0 Å². The summed E-state index contributed by atoms with van der Waals surface area (Å²) < 4.78 is 0. The van der Waals surface area contributed by atoms with Gasteiger partial charge in [-0.2, -0.15) is 15.0 Å². The van der Waals surface area contributed by atoms with Crippen LogP contribution >= 0.6 is 0 Å². The molecule has 0 aliphatic carbocycles. The number of aliphatic hydroxyl groups is 2. The maximum atomic E-state index is 12.7. The first-order chi connectivity index (χ1) is 17.8. The van der Waals surface area contributed by atoms with Crippen molar-refractivity contribution in [2.24, 2.45) is 0 Å². The minimum absolute atomic E-state index is 0.0317. The summed E-state index contributed by atoms with van der Waals surface area (Å²) in [7, 11) is 0. The van der Waals surface area contributed by atoms with Gasteiger partial charge in [0, 0.05) is 22.4 Å². The number of anilines is 3. The zero-order valence-corrected chi connectivity index (χ0v) is 20.8. The lowest BCUT2D eigenvalue weighted by atomic mass is 9.89. The summed E-state index contributed by atoms with van der Waals surface area (Å²) in [6.07, 6.45) is 0.470. The van der Waals surface area contributed by atoms with Crippen LogP contribution in [0.5, 0.6) is 0 Å². The molecule has 0 spiro atoms. The van der Waals surface area contributed by atoms with Gasteiger partial charge in [-0.1, -0.05) is 48.5 Å². The molecule has 0 aliphatic rings. The summed E-state index contributed by atoms with van der Waals surface area (Å²) in [5, 5.41) is 25.7. The van der Waals surface area contributed by atoms with Gasteiger partial charge < -0.3 is 26.6 Å². The molecular formula is C28H30N6O3. The van der Waals surface area contributed by atoms with Gasteiger partial charge in [0.15, 0.2) is 5.82 Å². The van der Waals surface area contributed by atoms with Crippen molar-refractivity contribution in [1.29, 1.82) is 0 Å². The summed E-state index contributed by atoms with van der Waals surface area (Å²) in [5.74, 6) is 0.438. The Labute approximate surface area is 215 Å². The highest BCUT2D eigenvalue weighted by atomic mass is 16.3. The first kappa shape index (κ1) is 25.7. The lowest BCUT2D eigenvalue weighted by Crippen LogP contribution is -2.45. The van der Waals surface area contributed by atoms with Crippen molar-refractivity contribution in [3.05, 3.63) is 95.1 Å². The molecule has 1 heterocycles. The highest BCUT2D eigenvalue weighted by molar-refractivity contribution is 5.94. The molecule has 9 heteroatoms. The predicted octanol–water partition coefficient (Wildman–Crippen LogP) is 3.60. The number of aliphatic hydroxyl groups excluding tert-OH is 2. The average molecular weight is 499 g/mol. The van der Waals surface area contributed by atoms with Crippen molar-refractivity contribution >= 4 is 23.5 Å². The molecule has 0 fully saturated rings. The summed E-state index contributed by atoms with van der Waals surface area (Å²) in [6, 6.07) is 21.8. The summed E-state index contributed by atoms with van der Waals surface area (Å²) in [5.41, 5.74) is 9.61. The molecule has 0 atom stereocenters. The van der Waals surface area contributed by atoms with Crippen molar-refractivity contribution in [1.82, 2.24) is 20.3 Å². The Bertz CT molecular complexity index is 1370. The summed E-state index contributed by atoms with van der Waals surface area (Å²) in [4.78, 5) is 25.8. The second-order valence-corrected chi connectivity index (χ2v) is 9.30. The fraction of sp³-hybridized carbons (Fsp3) is 0.214. The molecule has 9 nitrogen and oxygen atoms in total. The summed E-state index contributed by atoms with van der Waals surface area (Å²) >= 11 is 0. The molecule has 190 valence electrons. The van der Waals surface area contributed by atoms with Gasteiger partial charge in [0.2, 0.25) is 11.9 Å². The first-order valence-electron chi connectivity index (χ1n) is 11.9. The normalized spacial score (nSPS) is 11.2. The van der Waals surface area contributed by atoms with Crippen molar-refractivity contribution in [3.63, 3.8) is 0 Å². The molecule has 1 amide bonds. The van der Waals surface area contributed by atoms with Crippen LogP contribution in [0.3, 0.4) is 0 Å². The molecule has 0 radical (unpaired) electrons. The van der Waals surface area contributed by atoms with Crippen LogP contribution < -0.4 is 16.4 Å². The molecule has 1 aromatic heterocycles. The van der Waals surface area contributed by atoms with E-state index in [1.54, 1.807) is 36.4 Å². The highest BCUT2D eigenvalue weighted by Crippen LogP contribution is 2.28. The van der Waals surface area contributed by atoms with E-state index in [1.807, 2.05) is 50.2 Å². The van der Waals surface area contributed by atoms with Crippen LogP contribution in [-0.4, -0.2) is 36.6 Å². The van der Waals surface area contributed by atoms with E-state index in [0.29, 0.717) is 28.9 Å². The van der Waals surface area contributed by atoms with E-state index in [0.717, 1.165) is 16.8 Å². The zero-order valence-electron chi connectivity index (χ0n) is 20.8. The number of carbonyl (C=O) groups is 1. The van der Waals surface area contributed by atoms with Crippen LogP contribution in [0, 0.1) is 0 Å². The Balaban J connectivity index is 1.60. The van der Waals surface area contributed by atoms with Gasteiger partial charge in [-0.15, -0.1) is 0 Å². The quantitative estimate of drug-likeness (QED) is 0.235. The van der Waals surface area contributed by atoms with Gasteiger partial charge in [0.25, 0.3) is 5.91 Å². The van der Waals surface area contributed by atoms with Crippen molar-refractivity contribution < 1.29 is 15.0 Å². The maximum absolute atomic E-state index is 12.7. The standard InChI is InChI=1S/C28H30N6O3/c1-28(2,34-25(37)19-7-4-3-5-8-19)15-20-9-6-10-22(23(20)17-36)24-31-26(29)33-27(32-24)30-21-13-11-18(16-35)12-14-21/h3-14,35-36H,15-17H2,1-2H3,(H,34,37)(H3,29,30,31,32,33). The molecule has 3 aromatic carbocycles. The first-order valence-corrected chi connectivity index (χ1v) is 11.9. The van der Waals surface area contributed by atoms with E-state index in [-0.39, 0.29) is 31.0 Å². The van der Waals surface area contributed by atoms with Crippen LogP contribution in [0.2, 0.25) is 0 Å². The van der Waals surface area contributed by atoms with E-state index in [2.05, 4.69) is 25.6 Å². The molecular weight excluding hydrogens is 468 g/mol. The van der Waals surface area contributed by atoms with E-state index in [1.165, 1.54) is 0 Å². The lowest BCUT2D eigenvalue weighted by Gasteiger charge is -2.28. The van der Waals surface area contributed by atoms with Crippen LogP contribution in [0.4, 0.5) is 17.6 Å². The molecule has 37 heavy (non-hydrogen) atoms. The van der Waals surface area contributed by atoms with E-state index < -0.39 is 5.54 Å². The molecule has 0 unspecified atom stereocenters. The molecule has 0 saturated carbocycles. The number of nitrogens with zero attached hydrogens (tertiary/aromatic N) is 3. The smallest absolute Gasteiger partial charge is 0.251 e. The van der Waals surface area contributed by atoms with Crippen LogP contribution in [0.1, 0.15) is 40.9 Å². The van der Waals surface area contributed by atoms with Crippen molar-refractivity contribution in [3.8, 4) is 11.4 Å². The van der Waals surface area contributed by atoms with Crippen LogP contribution in [0.25, 0.3) is 11.4 Å². The minimum Gasteiger partial charge on any atom is -0.392 e. The van der Waals surface area contributed by atoms with Crippen LogP contribution in [-0.2, 0) is 19.6 Å². The molecule has 0 aliphatic heterocycles. The van der Waals surface area contributed by atoms with E-state index in [9.17, 15) is 15.0 Å². The van der Waals surface area contributed by atoms with Gasteiger partial charge in [-0.3, -0.25) is 4.79 Å². The summed E-state index contributed by atoms with van der Waals surface area (Å²) in [6.45, 7) is 3.58. The van der Waals surface area contributed by atoms with Gasteiger partial charge in [0.1, 0.15) is 0 Å². The molecule has 4 aromatic rings. The fourth-order valence-electron chi connectivity index (χ4n) is 4.08. The SMILES string of the molecule is CC(C)(Cc1cccc(-c2nc(N)nc(Nc3ccc(CO)cc3)n2)c1CO)NC(=O)c1ccccc1. The van der Waals surface area contributed by atoms with E-state index in [4.69, 9.17) is 5.73 Å². The Morgan fingerprint density at radius 1 is 0.892 bits per heavy atom. The zero-order chi connectivity index (χ0) is 26.4. The molecule has 4 rings (SSSR count). The lowest BCUT2D eigenvalue weighted by molar-refractivity contribution is 0.0913. The number of benzene rings is 3. The van der Waals surface area contributed by atoms with E-state index >= 15 is 0 Å². The number of nitrogen functional groups attached to an aromatic ring is 1. The number of hydrogen-bond donors (Lipinski definition) is 5. The molecule has 0 saturated heterocycles. The third-order valence-corrected chi connectivity index (χ3v) is 5.84. The second kappa shape index (κ2) is 11.2. The van der Waals surface area contributed by atoms with Crippen molar-refractivity contribution in [2.75, 3.05) is 11.1 Å². The number of nitrogens with one attached hydrogen (secondary N) is 2. The van der Waals surface area contributed by atoms with Gasteiger partial charge in [0.05, 0.1) is 13.2 Å². The van der Waals surface area contributed by atoms with Crippen LogP contribution in [0.15, 0.2) is 72.8 Å². The number of nitrogens with two attached hydrogens (primary N) is 1. The minimum atomic E-state index is -0.596. The van der Waals surface area contributed by atoms with Gasteiger partial charge in [-0.05, 0) is 61.2 Å².